The van der Waals surface area contributed by atoms with Crippen molar-refractivity contribution in [1.29, 1.82) is 0 Å². The first-order chi connectivity index (χ1) is 39.0. The Kier molecular flexibility index (Phi) is 63.3. The van der Waals surface area contributed by atoms with Crippen LogP contribution in [0.15, 0.2) is 109 Å². The molecular weight excluding hydrogens is 973 g/mol. The van der Waals surface area contributed by atoms with E-state index >= 15 is 0 Å². The number of carbonyl (C=O) groups excluding carboxylic acids is 3. The lowest BCUT2D eigenvalue weighted by Gasteiger charge is -2.18. The van der Waals surface area contributed by atoms with Gasteiger partial charge in [0.2, 0.25) is 0 Å². The fourth-order valence-corrected chi connectivity index (χ4v) is 9.30. The fraction of sp³-hybridized carbons (Fsp3) is 0.712. The molecule has 6 nitrogen and oxygen atoms in total. The van der Waals surface area contributed by atoms with Crippen LogP contribution in [0.3, 0.4) is 0 Å². The van der Waals surface area contributed by atoms with Crippen molar-refractivity contribution < 1.29 is 28.6 Å². The van der Waals surface area contributed by atoms with E-state index in [1.54, 1.807) is 0 Å². The molecule has 0 saturated carbocycles. The molecule has 452 valence electrons. The van der Waals surface area contributed by atoms with Crippen molar-refractivity contribution in [2.45, 2.75) is 322 Å². The Morgan fingerprint density at radius 1 is 0.266 bits per heavy atom. The first-order valence-corrected chi connectivity index (χ1v) is 33.4. The van der Waals surface area contributed by atoms with Crippen molar-refractivity contribution in [2.75, 3.05) is 13.2 Å². The second kappa shape index (κ2) is 66.6. The number of ether oxygens (including phenoxy) is 3. The van der Waals surface area contributed by atoms with Gasteiger partial charge < -0.3 is 14.2 Å². The van der Waals surface area contributed by atoms with E-state index in [0.717, 1.165) is 122 Å². The molecule has 0 bridgehead atoms. The van der Waals surface area contributed by atoms with Crippen molar-refractivity contribution in [1.82, 2.24) is 0 Å². The predicted octanol–water partition coefficient (Wildman–Crippen LogP) is 23.0. The molecule has 0 saturated heterocycles. The van der Waals surface area contributed by atoms with Crippen LogP contribution in [0, 0.1) is 0 Å². The number of unbranched alkanes of at least 4 members (excludes halogenated alkanes) is 31. The average Bonchev–Trinajstić information content (AvgIpc) is 3.45. The summed E-state index contributed by atoms with van der Waals surface area (Å²) in [5.74, 6) is -0.892. The number of carbonyl (C=O) groups is 3. The zero-order valence-corrected chi connectivity index (χ0v) is 51.9. The first kappa shape index (κ1) is 75.1. The number of esters is 3. The smallest absolute Gasteiger partial charge is 0.306 e. The minimum Gasteiger partial charge on any atom is -0.462 e. The maximum atomic E-state index is 12.9. The van der Waals surface area contributed by atoms with Gasteiger partial charge in [0.05, 0.1) is 0 Å². The van der Waals surface area contributed by atoms with Crippen LogP contribution in [0.5, 0.6) is 0 Å². The molecule has 0 aliphatic carbocycles. The summed E-state index contributed by atoms with van der Waals surface area (Å²) < 4.78 is 17.0. The van der Waals surface area contributed by atoms with Crippen LogP contribution in [0.2, 0.25) is 0 Å². The lowest BCUT2D eigenvalue weighted by atomic mass is 10.0. The van der Waals surface area contributed by atoms with Crippen LogP contribution in [0.1, 0.15) is 316 Å². The van der Waals surface area contributed by atoms with Crippen LogP contribution < -0.4 is 0 Å². The van der Waals surface area contributed by atoms with Crippen molar-refractivity contribution in [3.05, 3.63) is 109 Å². The molecule has 1 atom stereocenters. The van der Waals surface area contributed by atoms with E-state index in [0.29, 0.717) is 19.3 Å². The molecule has 0 spiro atoms. The van der Waals surface area contributed by atoms with Crippen molar-refractivity contribution in [3.63, 3.8) is 0 Å². The molecular formula is C73H124O6. The monoisotopic (exact) mass is 1100 g/mol. The van der Waals surface area contributed by atoms with Gasteiger partial charge >= 0.3 is 17.9 Å². The summed E-state index contributed by atoms with van der Waals surface area (Å²) in [6.45, 7) is 6.42. The highest BCUT2D eigenvalue weighted by Gasteiger charge is 2.19. The van der Waals surface area contributed by atoms with Gasteiger partial charge in [0.25, 0.3) is 0 Å². The van der Waals surface area contributed by atoms with Crippen LogP contribution in [0.4, 0.5) is 0 Å². The number of allylic oxidation sites excluding steroid dienone is 18. The van der Waals surface area contributed by atoms with E-state index in [-0.39, 0.29) is 31.1 Å². The highest BCUT2D eigenvalue weighted by atomic mass is 16.6. The van der Waals surface area contributed by atoms with Crippen LogP contribution in [-0.4, -0.2) is 37.2 Å². The summed E-state index contributed by atoms with van der Waals surface area (Å²) in [5.41, 5.74) is 0. The van der Waals surface area contributed by atoms with Gasteiger partial charge in [0, 0.05) is 19.3 Å². The van der Waals surface area contributed by atoms with Gasteiger partial charge in [0.1, 0.15) is 13.2 Å². The molecule has 0 aliphatic rings. The molecule has 1 unspecified atom stereocenters. The molecule has 0 radical (unpaired) electrons. The molecule has 6 heteroatoms. The summed E-state index contributed by atoms with van der Waals surface area (Å²) in [6, 6.07) is 0. The van der Waals surface area contributed by atoms with Crippen molar-refractivity contribution in [2.24, 2.45) is 0 Å². The van der Waals surface area contributed by atoms with Crippen LogP contribution >= 0.6 is 0 Å². The maximum absolute atomic E-state index is 12.9. The van der Waals surface area contributed by atoms with E-state index in [1.165, 1.54) is 154 Å². The molecule has 0 amide bonds. The average molecular weight is 1100 g/mol. The van der Waals surface area contributed by atoms with Crippen molar-refractivity contribution >= 4 is 17.9 Å². The van der Waals surface area contributed by atoms with Gasteiger partial charge in [-0.3, -0.25) is 14.4 Å². The maximum Gasteiger partial charge on any atom is 0.306 e. The van der Waals surface area contributed by atoms with E-state index in [1.807, 2.05) is 0 Å². The quantitative estimate of drug-likeness (QED) is 0.0261. The van der Waals surface area contributed by atoms with E-state index < -0.39 is 6.10 Å². The van der Waals surface area contributed by atoms with Gasteiger partial charge in [0.15, 0.2) is 6.10 Å². The van der Waals surface area contributed by atoms with E-state index in [9.17, 15) is 14.4 Å². The van der Waals surface area contributed by atoms with Gasteiger partial charge in [-0.25, -0.2) is 0 Å². The highest BCUT2D eigenvalue weighted by molar-refractivity contribution is 5.71. The highest BCUT2D eigenvalue weighted by Crippen LogP contribution is 2.16. The van der Waals surface area contributed by atoms with Gasteiger partial charge in [-0.15, -0.1) is 0 Å². The van der Waals surface area contributed by atoms with E-state index in [4.69, 9.17) is 14.2 Å². The standard InChI is InChI=1S/C73H124O6/c1-4-7-10-13-16-19-22-25-28-30-32-34-35-36-37-39-40-42-45-48-51-54-57-60-63-66-72(75)78-69-70(68-77-71(74)65-62-59-56-53-50-47-44-27-24-21-18-15-12-9-6-3)79-73(76)67-64-61-58-55-52-49-46-43-41-38-33-31-29-26-23-20-17-14-11-8-5-2/h7-8,10-11,16-17,19-20,25-29,32-34,38,44,70H,4-6,9,12-15,18,21-24,30-31,35-37,39-43,45-69H2,1-3H3/b10-7-,11-8-,19-16-,20-17-,28-25-,29-26-,34-32-,38-33-,44-27-. The van der Waals surface area contributed by atoms with Gasteiger partial charge in [-0.05, 0) is 122 Å². The molecule has 0 aliphatic heterocycles. The molecule has 0 heterocycles. The largest absolute Gasteiger partial charge is 0.462 e. The summed E-state index contributed by atoms with van der Waals surface area (Å²) in [7, 11) is 0. The summed E-state index contributed by atoms with van der Waals surface area (Å²) in [5, 5.41) is 0. The Hall–Kier alpha value is -3.93. The van der Waals surface area contributed by atoms with Gasteiger partial charge in [-0.1, -0.05) is 284 Å². The predicted molar refractivity (Wildman–Crippen MR) is 343 cm³/mol. The molecule has 0 N–H and O–H groups in total. The Balaban J connectivity index is 4.36. The Morgan fingerprint density at radius 2 is 0.494 bits per heavy atom. The minimum atomic E-state index is -0.790. The van der Waals surface area contributed by atoms with Gasteiger partial charge in [-0.2, -0.15) is 0 Å². The number of hydrogen-bond acceptors (Lipinski definition) is 6. The van der Waals surface area contributed by atoms with E-state index in [2.05, 4.69) is 130 Å². The normalized spacial score (nSPS) is 12.8. The lowest BCUT2D eigenvalue weighted by molar-refractivity contribution is -0.167. The summed E-state index contributed by atoms with van der Waals surface area (Å²) in [6.07, 6.45) is 90.9. The fourth-order valence-electron chi connectivity index (χ4n) is 9.30. The second-order valence-corrected chi connectivity index (χ2v) is 22.0. The molecule has 0 aromatic rings. The Labute approximate surface area is 489 Å². The third kappa shape index (κ3) is 64.8. The van der Waals surface area contributed by atoms with Crippen LogP contribution in [-0.2, 0) is 28.6 Å². The van der Waals surface area contributed by atoms with Crippen molar-refractivity contribution in [3.8, 4) is 0 Å². The summed E-state index contributed by atoms with van der Waals surface area (Å²) >= 11 is 0. The third-order valence-corrected chi connectivity index (χ3v) is 14.2. The third-order valence-electron chi connectivity index (χ3n) is 14.2. The topological polar surface area (TPSA) is 78.9 Å². The summed E-state index contributed by atoms with van der Waals surface area (Å²) in [4.78, 5) is 38.4. The molecule has 0 aromatic heterocycles. The SMILES string of the molecule is CC/C=C\C/C=C\C/C=C\C/C=C\CCCCCCCCCCCCCCC(=O)OCC(COC(=O)CCCCCCC/C=C\CCCCCCCC)OC(=O)CCCCCCCCCC/C=C\C/C=C\C/C=C\C/C=C\CC. The first-order valence-electron chi connectivity index (χ1n) is 33.4. The number of hydrogen-bond donors (Lipinski definition) is 0. The Morgan fingerprint density at radius 3 is 0.785 bits per heavy atom. The second-order valence-electron chi connectivity index (χ2n) is 22.0. The Bertz CT molecular complexity index is 1590. The number of rotatable bonds is 60. The molecule has 0 aromatic carbocycles. The molecule has 0 rings (SSSR count). The minimum absolute atomic E-state index is 0.0845. The zero-order valence-electron chi connectivity index (χ0n) is 51.9. The zero-order chi connectivity index (χ0) is 57.1. The van der Waals surface area contributed by atoms with Crippen LogP contribution in [0.25, 0.3) is 0 Å². The molecule has 79 heavy (non-hydrogen) atoms. The molecule has 0 fully saturated rings. The lowest BCUT2D eigenvalue weighted by Crippen LogP contribution is -2.30.